The number of carboxylic acid groups (broad SMARTS) is 1. The van der Waals surface area contributed by atoms with E-state index < -0.39 is 22.7 Å². The van der Waals surface area contributed by atoms with E-state index in [9.17, 15) is 19.7 Å². The number of hydrogen-bond acceptors (Lipinski definition) is 9. The van der Waals surface area contributed by atoms with Crippen LogP contribution >= 0.6 is 11.3 Å². The minimum atomic E-state index is -1.33. The number of carboxylic acids is 1. The number of anilines is 1. The molecular formula is C14H12N4O7S. The zero-order valence-electron chi connectivity index (χ0n) is 13.2. The van der Waals surface area contributed by atoms with Gasteiger partial charge in [-0.25, -0.2) is 14.6 Å². The highest BCUT2D eigenvalue weighted by atomic mass is 32.1. The van der Waals surface area contributed by atoms with Gasteiger partial charge in [0.05, 0.1) is 4.92 Å². The zero-order valence-corrected chi connectivity index (χ0v) is 14.1. The number of nitrogens with zero attached hydrogens (tertiary/aromatic N) is 3. The standard InChI is InChI=1S/C14H12N4O7S/c1-24-17-11(12(19)20)10-7-26-13(15-10)16-14(21)25-6-8-2-4-9(5-3-8)18(22)23/h2-5,7H,6H2,1H3,(H,19,20)(H,15,16,21). The maximum absolute atomic E-state index is 11.8. The van der Waals surface area contributed by atoms with E-state index in [4.69, 9.17) is 9.84 Å². The summed E-state index contributed by atoms with van der Waals surface area (Å²) in [6, 6.07) is 5.53. The van der Waals surface area contributed by atoms with Crippen molar-refractivity contribution in [3.63, 3.8) is 0 Å². The molecule has 0 saturated carbocycles. The van der Waals surface area contributed by atoms with E-state index in [0.29, 0.717) is 5.56 Å². The molecule has 136 valence electrons. The molecule has 0 aliphatic rings. The minimum Gasteiger partial charge on any atom is -0.476 e. The molecule has 0 atom stereocenters. The van der Waals surface area contributed by atoms with Gasteiger partial charge in [-0.1, -0.05) is 5.16 Å². The third-order valence-corrected chi connectivity index (χ3v) is 3.62. The number of nitro groups is 1. The first kappa shape index (κ1) is 18.8. The van der Waals surface area contributed by atoms with Crippen LogP contribution in [-0.2, 0) is 21.0 Å². The number of nitro benzene ring substituents is 1. The molecule has 26 heavy (non-hydrogen) atoms. The molecule has 1 heterocycles. The van der Waals surface area contributed by atoms with Crippen molar-refractivity contribution in [1.29, 1.82) is 0 Å². The van der Waals surface area contributed by atoms with Gasteiger partial charge in [0.15, 0.2) is 5.13 Å². The number of ether oxygens (including phenoxy) is 1. The largest absolute Gasteiger partial charge is 0.476 e. The van der Waals surface area contributed by atoms with Crippen LogP contribution in [0.25, 0.3) is 0 Å². The van der Waals surface area contributed by atoms with Gasteiger partial charge in [-0.05, 0) is 17.7 Å². The molecule has 0 fully saturated rings. The van der Waals surface area contributed by atoms with Gasteiger partial charge in [0.1, 0.15) is 19.4 Å². The lowest BCUT2D eigenvalue weighted by atomic mass is 10.2. The highest BCUT2D eigenvalue weighted by molar-refractivity contribution is 7.14. The van der Waals surface area contributed by atoms with Crippen molar-refractivity contribution in [2.75, 3.05) is 12.4 Å². The van der Waals surface area contributed by atoms with E-state index in [0.717, 1.165) is 11.3 Å². The Labute approximate surface area is 150 Å². The lowest BCUT2D eigenvalue weighted by Gasteiger charge is -2.04. The molecule has 1 aromatic heterocycles. The van der Waals surface area contributed by atoms with Crippen LogP contribution in [-0.4, -0.2) is 39.9 Å². The molecule has 2 rings (SSSR count). The van der Waals surface area contributed by atoms with Crippen LogP contribution < -0.4 is 5.32 Å². The smallest absolute Gasteiger partial charge is 0.413 e. The molecule has 1 aromatic carbocycles. The number of non-ortho nitro benzene ring substituents is 1. The average molecular weight is 380 g/mol. The zero-order chi connectivity index (χ0) is 19.1. The number of aromatic nitrogens is 1. The van der Waals surface area contributed by atoms with Crippen molar-refractivity contribution in [3.05, 3.63) is 51.0 Å². The fraction of sp³-hybridized carbons (Fsp3) is 0.143. The summed E-state index contributed by atoms with van der Waals surface area (Å²) in [6.07, 6.45) is -0.815. The van der Waals surface area contributed by atoms with Gasteiger partial charge in [-0.2, -0.15) is 0 Å². The van der Waals surface area contributed by atoms with Gasteiger partial charge >= 0.3 is 12.1 Å². The molecule has 12 heteroatoms. The number of nitrogens with one attached hydrogen (secondary N) is 1. The molecule has 2 aromatic rings. The molecule has 0 bridgehead atoms. The van der Waals surface area contributed by atoms with Crippen molar-refractivity contribution in [1.82, 2.24) is 4.98 Å². The summed E-state index contributed by atoms with van der Waals surface area (Å²) in [6.45, 7) is -0.104. The SMILES string of the molecule is CON=C(C(=O)O)c1csc(NC(=O)OCc2ccc([N+](=O)[O-])cc2)n1. The molecule has 11 nitrogen and oxygen atoms in total. The summed E-state index contributed by atoms with van der Waals surface area (Å²) < 4.78 is 4.97. The molecule has 1 amide bonds. The van der Waals surface area contributed by atoms with Crippen LogP contribution in [0.1, 0.15) is 11.3 Å². The highest BCUT2D eigenvalue weighted by Gasteiger charge is 2.18. The number of hydrogen-bond donors (Lipinski definition) is 2. The normalized spacial score (nSPS) is 10.9. The van der Waals surface area contributed by atoms with Gasteiger partial charge in [0.2, 0.25) is 5.71 Å². The fourth-order valence-corrected chi connectivity index (χ4v) is 2.39. The Morgan fingerprint density at radius 3 is 2.65 bits per heavy atom. The highest BCUT2D eigenvalue weighted by Crippen LogP contribution is 2.17. The summed E-state index contributed by atoms with van der Waals surface area (Å²) in [5, 5.41) is 26.8. The summed E-state index contributed by atoms with van der Waals surface area (Å²) in [5.74, 6) is -1.33. The van der Waals surface area contributed by atoms with Crippen LogP contribution in [0.4, 0.5) is 15.6 Å². The maximum atomic E-state index is 11.8. The molecule has 0 radical (unpaired) electrons. The number of thiazole rings is 1. The Hall–Kier alpha value is -3.54. The summed E-state index contributed by atoms with van der Waals surface area (Å²) in [4.78, 5) is 41.2. The van der Waals surface area contributed by atoms with E-state index in [1.54, 1.807) is 0 Å². The van der Waals surface area contributed by atoms with Crippen molar-refractivity contribution in [2.45, 2.75) is 6.61 Å². The lowest BCUT2D eigenvalue weighted by Crippen LogP contribution is -2.16. The Balaban J connectivity index is 1.93. The molecule has 0 unspecified atom stereocenters. The Bertz CT molecular complexity index is 847. The molecule has 0 saturated heterocycles. The van der Waals surface area contributed by atoms with E-state index >= 15 is 0 Å². The van der Waals surface area contributed by atoms with E-state index in [2.05, 4.69) is 20.3 Å². The number of benzene rings is 1. The fourth-order valence-electron chi connectivity index (χ4n) is 1.71. The third kappa shape index (κ3) is 4.98. The number of amides is 1. The molecule has 0 aliphatic carbocycles. The van der Waals surface area contributed by atoms with E-state index in [1.165, 1.54) is 36.8 Å². The summed E-state index contributed by atoms with van der Waals surface area (Å²) in [5.41, 5.74) is 0.109. The van der Waals surface area contributed by atoms with Gasteiger partial charge in [-0.15, -0.1) is 11.3 Å². The van der Waals surface area contributed by atoms with Crippen LogP contribution in [0.5, 0.6) is 0 Å². The quantitative estimate of drug-likeness (QED) is 0.421. The summed E-state index contributed by atoms with van der Waals surface area (Å²) >= 11 is 0.979. The van der Waals surface area contributed by atoms with Crippen molar-refractivity contribution >= 4 is 39.9 Å². The molecule has 0 aliphatic heterocycles. The van der Waals surface area contributed by atoms with E-state index in [-0.39, 0.29) is 23.1 Å². The van der Waals surface area contributed by atoms with Crippen molar-refractivity contribution in [3.8, 4) is 0 Å². The average Bonchev–Trinajstić information content (AvgIpc) is 3.05. The van der Waals surface area contributed by atoms with Gasteiger partial charge in [0.25, 0.3) is 5.69 Å². The van der Waals surface area contributed by atoms with Crippen LogP contribution in [0.3, 0.4) is 0 Å². The first-order valence-corrected chi connectivity index (χ1v) is 7.76. The van der Waals surface area contributed by atoms with Crippen LogP contribution in [0.15, 0.2) is 34.8 Å². The number of carbonyl (C=O) groups excluding carboxylic acids is 1. The predicted octanol–water partition coefficient (Wildman–Crippen LogP) is 2.24. The second-order valence-electron chi connectivity index (χ2n) is 4.59. The number of rotatable bonds is 7. The third-order valence-electron chi connectivity index (χ3n) is 2.86. The Morgan fingerprint density at radius 2 is 2.08 bits per heavy atom. The lowest BCUT2D eigenvalue weighted by molar-refractivity contribution is -0.384. The van der Waals surface area contributed by atoms with Crippen molar-refractivity contribution in [2.24, 2.45) is 5.16 Å². The molecule has 0 spiro atoms. The van der Waals surface area contributed by atoms with Crippen LogP contribution in [0, 0.1) is 10.1 Å². The van der Waals surface area contributed by atoms with Crippen molar-refractivity contribution < 1.29 is 29.2 Å². The number of aliphatic carboxylic acids is 1. The van der Waals surface area contributed by atoms with Gasteiger partial charge in [-0.3, -0.25) is 15.4 Å². The predicted molar refractivity (Wildman–Crippen MR) is 90.2 cm³/mol. The monoisotopic (exact) mass is 380 g/mol. The first-order chi connectivity index (χ1) is 12.4. The topological polar surface area (TPSA) is 153 Å². The van der Waals surface area contributed by atoms with Crippen LogP contribution in [0.2, 0.25) is 0 Å². The Kier molecular flexibility index (Phi) is 6.16. The molecular weight excluding hydrogens is 368 g/mol. The number of oxime groups is 1. The summed E-state index contributed by atoms with van der Waals surface area (Å²) in [7, 11) is 1.20. The number of carbonyl (C=O) groups is 2. The Morgan fingerprint density at radius 1 is 1.38 bits per heavy atom. The molecule has 2 N–H and O–H groups in total. The maximum Gasteiger partial charge on any atom is 0.413 e. The first-order valence-electron chi connectivity index (χ1n) is 6.88. The second-order valence-corrected chi connectivity index (χ2v) is 5.45. The second kappa shape index (κ2) is 8.53. The van der Waals surface area contributed by atoms with Gasteiger partial charge in [0, 0.05) is 17.5 Å². The van der Waals surface area contributed by atoms with Gasteiger partial charge < -0.3 is 14.7 Å². The minimum absolute atomic E-state index is 0.0232. The van der Waals surface area contributed by atoms with E-state index in [1.807, 2.05) is 0 Å².